The second kappa shape index (κ2) is 5.33. The molecule has 0 aliphatic carbocycles. The smallest absolute Gasteiger partial charge is 0.113 e. The Morgan fingerprint density at radius 1 is 0.882 bits per heavy atom. The largest absolute Gasteiger partial charge is 0.319 e. The lowest BCUT2D eigenvalue weighted by atomic mass is 10.2. The molecule has 0 aliphatic rings. The van der Waals surface area contributed by atoms with Gasteiger partial charge < -0.3 is 4.57 Å². The number of benzene rings is 2. The van der Waals surface area contributed by atoms with Crippen molar-refractivity contribution < 1.29 is 4.57 Å². The molecule has 2 aromatic rings. The molecular weight excluding hydrogens is 227 g/mol. The molecule has 0 heterocycles. The van der Waals surface area contributed by atoms with Crippen LogP contribution < -0.4 is 5.30 Å². The lowest BCUT2D eigenvalue weighted by Crippen LogP contribution is -2.07. The van der Waals surface area contributed by atoms with Gasteiger partial charge in [-0.1, -0.05) is 60.7 Å². The summed E-state index contributed by atoms with van der Waals surface area (Å²) >= 11 is 0. The van der Waals surface area contributed by atoms with E-state index in [9.17, 15) is 4.57 Å². The van der Waals surface area contributed by atoms with Crippen LogP contribution in [0.3, 0.4) is 0 Å². The standard InChI is InChI=1S/C15H17OP/c1-17(16,15-10-6-3-7-11-15)13-12-14-8-4-2-5-9-14/h2-11H,12-13H2,1H3. The molecular formula is C15H17OP. The van der Waals surface area contributed by atoms with Gasteiger partial charge in [0.25, 0.3) is 0 Å². The fourth-order valence-corrected chi connectivity index (χ4v) is 3.61. The summed E-state index contributed by atoms with van der Waals surface area (Å²) < 4.78 is 12.6. The van der Waals surface area contributed by atoms with E-state index < -0.39 is 7.14 Å². The lowest BCUT2D eigenvalue weighted by molar-refractivity contribution is 0.584. The number of hydrogen-bond acceptors (Lipinski definition) is 1. The van der Waals surface area contributed by atoms with Crippen LogP contribution in [0.4, 0.5) is 0 Å². The zero-order valence-corrected chi connectivity index (χ0v) is 10.9. The van der Waals surface area contributed by atoms with Gasteiger partial charge in [0.15, 0.2) is 0 Å². The van der Waals surface area contributed by atoms with Crippen molar-refractivity contribution in [2.45, 2.75) is 6.42 Å². The zero-order chi connectivity index (χ0) is 12.1. The van der Waals surface area contributed by atoms with E-state index in [0.717, 1.165) is 17.9 Å². The molecule has 1 nitrogen and oxygen atoms in total. The first kappa shape index (κ1) is 12.1. The molecule has 0 spiro atoms. The molecule has 88 valence electrons. The van der Waals surface area contributed by atoms with Crippen molar-refractivity contribution >= 4 is 12.4 Å². The Hall–Kier alpha value is -1.33. The average molecular weight is 244 g/mol. The van der Waals surface area contributed by atoms with Crippen molar-refractivity contribution in [1.29, 1.82) is 0 Å². The van der Waals surface area contributed by atoms with Crippen molar-refractivity contribution in [2.24, 2.45) is 0 Å². The molecule has 1 atom stereocenters. The van der Waals surface area contributed by atoms with Crippen LogP contribution in [0.15, 0.2) is 60.7 Å². The van der Waals surface area contributed by atoms with Gasteiger partial charge in [0, 0.05) is 11.5 Å². The third-order valence-corrected chi connectivity index (χ3v) is 5.44. The maximum absolute atomic E-state index is 12.6. The van der Waals surface area contributed by atoms with Crippen LogP contribution in [0.1, 0.15) is 5.56 Å². The Bertz CT molecular complexity index is 505. The Labute approximate surface area is 103 Å². The highest BCUT2D eigenvalue weighted by molar-refractivity contribution is 7.70. The molecule has 2 aromatic carbocycles. The van der Waals surface area contributed by atoms with Crippen molar-refractivity contribution in [2.75, 3.05) is 12.8 Å². The Kier molecular flexibility index (Phi) is 3.81. The maximum atomic E-state index is 12.6. The summed E-state index contributed by atoms with van der Waals surface area (Å²) in [5.74, 6) is 0. The van der Waals surface area contributed by atoms with Crippen LogP contribution in [0.2, 0.25) is 0 Å². The minimum absolute atomic E-state index is 0.737. The predicted molar refractivity (Wildman–Crippen MR) is 74.6 cm³/mol. The van der Waals surface area contributed by atoms with E-state index in [2.05, 4.69) is 12.1 Å². The SMILES string of the molecule is CP(=O)(CCc1ccccc1)c1ccccc1. The van der Waals surface area contributed by atoms with Crippen LogP contribution in [0, 0.1) is 0 Å². The topological polar surface area (TPSA) is 17.1 Å². The van der Waals surface area contributed by atoms with Gasteiger partial charge >= 0.3 is 0 Å². The third-order valence-electron chi connectivity index (χ3n) is 2.97. The fraction of sp³-hybridized carbons (Fsp3) is 0.200. The van der Waals surface area contributed by atoms with E-state index in [1.54, 1.807) is 0 Å². The van der Waals surface area contributed by atoms with Gasteiger partial charge in [-0.3, -0.25) is 0 Å². The first-order valence-electron chi connectivity index (χ1n) is 5.84. The van der Waals surface area contributed by atoms with Gasteiger partial charge in [0.2, 0.25) is 0 Å². The van der Waals surface area contributed by atoms with Gasteiger partial charge in [-0.25, -0.2) is 0 Å². The first-order valence-corrected chi connectivity index (χ1v) is 8.18. The van der Waals surface area contributed by atoms with E-state index in [1.807, 2.05) is 55.2 Å². The molecule has 0 amide bonds. The van der Waals surface area contributed by atoms with Crippen LogP contribution >= 0.6 is 7.14 Å². The normalized spacial score (nSPS) is 14.2. The Balaban J connectivity index is 2.06. The van der Waals surface area contributed by atoms with Crippen LogP contribution in [-0.4, -0.2) is 12.8 Å². The summed E-state index contributed by atoms with van der Waals surface area (Å²) in [4.78, 5) is 0. The molecule has 17 heavy (non-hydrogen) atoms. The van der Waals surface area contributed by atoms with Crippen molar-refractivity contribution in [1.82, 2.24) is 0 Å². The number of aryl methyl sites for hydroxylation is 1. The Morgan fingerprint density at radius 2 is 1.41 bits per heavy atom. The van der Waals surface area contributed by atoms with Gasteiger partial charge in [-0.2, -0.15) is 0 Å². The van der Waals surface area contributed by atoms with E-state index in [4.69, 9.17) is 0 Å². The number of hydrogen-bond donors (Lipinski definition) is 0. The highest BCUT2D eigenvalue weighted by Crippen LogP contribution is 2.40. The average Bonchev–Trinajstić information content (AvgIpc) is 2.39. The molecule has 2 rings (SSSR count). The molecule has 2 heteroatoms. The molecule has 0 N–H and O–H groups in total. The summed E-state index contributed by atoms with van der Waals surface area (Å²) in [5, 5.41) is 0.982. The summed E-state index contributed by atoms with van der Waals surface area (Å²) in [7, 11) is -2.21. The fourth-order valence-electron chi connectivity index (χ4n) is 1.86. The summed E-state index contributed by atoms with van der Waals surface area (Å²) in [6, 6.07) is 20.0. The third kappa shape index (κ3) is 3.31. The zero-order valence-electron chi connectivity index (χ0n) is 10.0. The van der Waals surface area contributed by atoms with Crippen molar-refractivity contribution in [3.63, 3.8) is 0 Å². The summed E-state index contributed by atoms with van der Waals surface area (Å²) in [6.07, 6.45) is 1.62. The molecule has 0 saturated carbocycles. The summed E-state index contributed by atoms with van der Waals surface area (Å²) in [6.45, 7) is 1.88. The minimum Gasteiger partial charge on any atom is -0.319 e. The molecule has 0 saturated heterocycles. The highest BCUT2D eigenvalue weighted by atomic mass is 31.2. The predicted octanol–water partition coefficient (Wildman–Crippen LogP) is 3.55. The minimum atomic E-state index is -2.21. The first-order chi connectivity index (χ1) is 8.18. The second-order valence-corrected chi connectivity index (χ2v) is 7.56. The van der Waals surface area contributed by atoms with Gasteiger partial charge in [0.05, 0.1) is 0 Å². The van der Waals surface area contributed by atoms with Gasteiger partial charge in [-0.05, 0) is 18.6 Å². The van der Waals surface area contributed by atoms with Crippen LogP contribution in [0.5, 0.6) is 0 Å². The Morgan fingerprint density at radius 3 is 2.00 bits per heavy atom. The number of rotatable bonds is 4. The van der Waals surface area contributed by atoms with E-state index in [0.29, 0.717) is 0 Å². The van der Waals surface area contributed by atoms with Gasteiger partial charge in [-0.15, -0.1) is 0 Å². The molecule has 0 aliphatic heterocycles. The van der Waals surface area contributed by atoms with Gasteiger partial charge in [0.1, 0.15) is 7.14 Å². The molecule has 0 fully saturated rings. The highest BCUT2D eigenvalue weighted by Gasteiger charge is 2.17. The monoisotopic (exact) mass is 244 g/mol. The lowest BCUT2D eigenvalue weighted by Gasteiger charge is -2.13. The molecule has 0 bridgehead atoms. The van der Waals surface area contributed by atoms with Crippen molar-refractivity contribution in [3.05, 3.63) is 66.2 Å². The quantitative estimate of drug-likeness (QED) is 0.752. The van der Waals surface area contributed by atoms with Crippen LogP contribution in [0.25, 0.3) is 0 Å². The summed E-state index contributed by atoms with van der Waals surface area (Å²) in [5.41, 5.74) is 1.26. The molecule has 0 aromatic heterocycles. The molecule has 1 unspecified atom stereocenters. The van der Waals surface area contributed by atoms with E-state index in [-0.39, 0.29) is 0 Å². The van der Waals surface area contributed by atoms with Crippen molar-refractivity contribution in [3.8, 4) is 0 Å². The molecule has 0 radical (unpaired) electrons. The second-order valence-electron chi connectivity index (χ2n) is 4.40. The van der Waals surface area contributed by atoms with E-state index in [1.165, 1.54) is 5.56 Å². The maximum Gasteiger partial charge on any atom is 0.113 e. The van der Waals surface area contributed by atoms with E-state index >= 15 is 0 Å². The van der Waals surface area contributed by atoms with Crippen LogP contribution in [-0.2, 0) is 11.0 Å².